The van der Waals surface area contributed by atoms with Gasteiger partial charge in [-0.15, -0.1) is 11.8 Å². The number of rotatable bonds is 23. The summed E-state index contributed by atoms with van der Waals surface area (Å²) < 4.78 is -1.11. The lowest BCUT2D eigenvalue weighted by Crippen LogP contribution is -2.62. The summed E-state index contributed by atoms with van der Waals surface area (Å²) in [6, 6.07) is 17.8. The molecule has 0 aromatic heterocycles. The lowest BCUT2D eigenvalue weighted by Gasteiger charge is -2.36. The molecule has 0 spiro atoms. The Bertz CT molecular complexity index is 2590. The summed E-state index contributed by atoms with van der Waals surface area (Å²) in [6.07, 6.45) is 4.31. The fraction of sp³-hybridized carbons (Fsp3) is 0.576. The van der Waals surface area contributed by atoms with Crippen LogP contribution in [-0.4, -0.2) is 155 Å². The third-order valence-electron chi connectivity index (χ3n) is 15.8. The number of aliphatic hydroxyl groups is 2. The second-order valence-corrected chi connectivity index (χ2v) is 24.7. The fourth-order valence-corrected chi connectivity index (χ4v) is 11.7. The maximum atomic E-state index is 14.9. The molecule has 0 saturated carbocycles. The minimum atomic E-state index is -1.23. The number of carbonyl (C=O) groups excluding carboxylic acids is 7. The predicted octanol–water partition coefficient (Wildman–Crippen LogP) is 3.34. The molecule has 1 heterocycles. The van der Waals surface area contributed by atoms with Crippen molar-refractivity contribution in [2.75, 3.05) is 46.6 Å². The van der Waals surface area contributed by atoms with Crippen LogP contribution in [0.1, 0.15) is 132 Å². The quantitative estimate of drug-likeness (QED) is 0.0664. The molecule has 426 valence electrons. The zero-order valence-electron chi connectivity index (χ0n) is 47.2. The van der Waals surface area contributed by atoms with Gasteiger partial charge in [-0.3, -0.25) is 33.6 Å². The van der Waals surface area contributed by atoms with Crippen molar-refractivity contribution in [3.05, 3.63) is 106 Å². The first kappa shape index (κ1) is 61.4. The van der Waals surface area contributed by atoms with Crippen molar-refractivity contribution in [2.45, 2.75) is 165 Å². The monoisotopic (exact) mass is 1100 g/mol. The SMILES string of the molecule is CN[C@@H](C)C(=O)N[C@H](C(=O)N1C[C@@H](c2ccc(CC(NC(=O)[C@@H](NC(=O)[C@H](C)NC)C(C)(C)SCC(=O)N(C)C[C@@H](O)CO)C(=O)N[C@@H]3CCCc4ccccc43)cc2)C[C@H]1C(=O)N[C@@H]1CCCc2ccccc21)C(C)(C)C. The highest BCUT2D eigenvalue weighted by Gasteiger charge is 2.46. The molecule has 3 aromatic rings. The van der Waals surface area contributed by atoms with Gasteiger partial charge in [0.1, 0.15) is 24.2 Å². The van der Waals surface area contributed by atoms with Crippen LogP contribution in [-0.2, 0) is 52.8 Å². The van der Waals surface area contributed by atoms with Gasteiger partial charge in [0, 0.05) is 37.2 Å². The van der Waals surface area contributed by atoms with Crippen LogP contribution in [0.15, 0.2) is 72.8 Å². The van der Waals surface area contributed by atoms with Crippen LogP contribution in [0.3, 0.4) is 0 Å². The molecule has 7 amide bonds. The van der Waals surface area contributed by atoms with Gasteiger partial charge in [-0.2, -0.15) is 0 Å². The van der Waals surface area contributed by atoms with E-state index in [1.807, 2.05) is 81.4 Å². The highest BCUT2D eigenvalue weighted by molar-refractivity contribution is 8.01. The van der Waals surface area contributed by atoms with Gasteiger partial charge in [-0.25, -0.2) is 0 Å². The number of hydrogen-bond donors (Lipinski definition) is 9. The van der Waals surface area contributed by atoms with Gasteiger partial charge < -0.3 is 57.2 Å². The Morgan fingerprint density at radius 1 is 0.718 bits per heavy atom. The number of aliphatic hydroxyl groups excluding tert-OH is 2. The number of aryl methyl sites for hydroxylation is 2. The molecule has 1 saturated heterocycles. The number of likely N-dealkylation sites (N-methyl/N-ethyl adjacent to an activating group) is 3. The van der Waals surface area contributed by atoms with Gasteiger partial charge in [-0.05, 0) is 126 Å². The summed E-state index contributed by atoms with van der Waals surface area (Å²) in [5, 5.41) is 40.6. The van der Waals surface area contributed by atoms with Crippen LogP contribution < -0.4 is 37.2 Å². The lowest BCUT2D eigenvalue weighted by molar-refractivity contribution is -0.144. The van der Waals surface area contributed by atoms with Crippen molar-refractivity contribution in [1.29, 1.82) is 0 Å². The molecule has 1 fully saturated rings. The average Bonchev–Trinajstić information content (AvgIpc) is 3.91. The Balaban J connectivity index is 1.29. The average molecular weight is 1100 g/mol. The molecule has 10 atom stereocenters. The van der Waals surface area contributed by atoms with Gasteiger partial charge in [0.15, 0.2) is 0 Å². The van der Waals surface area contributed by atoms with Crippen molar-refractivity contribution >= 4 is 53.1 Å². The van der Waals surface area contributed by atoms with Crippen molar-refractivity contribution in [2.24, 2.45) is 5.41 Å². The lowest BCUT2D eigenvalue weighted by atomic mass is 9.85. The number of likely N-dealkylation sites (tertiary alicyclic amines) is 1. The number of nitrogens with one attached hydrogen (secondary N) is 7. The van der Waals surface area contributed by atoms with Gasteiger partial charge in [0.05, 0.1) is 42.6 Å². The first-order valence-electron chi connectivity index (χ1n) is 27.5. The summed E-state index contributed by atoms with van der Waals surface area (Å²) in [7, 11) is 4.80. The van der Waals surface area contributed by atoms with Crippen molar-refractivity contribution in [1.82, 2.24) is 47.0 Å². The Labute approximate surface area is 465 Å². The van der Waals surface area contributed by atoms with Gasteiger partial charge >= 0.3 is 0 Å². The van der Waals surface area contributed by atoms with Crippen LogP contribution in [0, 0.1) is 5.41 Å². The second kappa shape index (κ2) is 27.3. The zero-order chi connectivity index (χ0) is 57.1. The summed E-state index contributed by atoms with van der Waals surface area (Å²) in [5.74, 6) is -3.21. The zero-order valence-corrected chi connectivity index (χ0v) is 48.1. The summed E-state index contributed by atoms with van der Waals surface area (Å²) in [5.41, 5.74) is 5.31. The molecule has 0 radical (unpaired) electrons. The molecule has 1 unspecified atom stereocenters. The number of hydrogen-bond acceptors (Lipinski definition) is 12. The standard InChI is InChI=1S/C59H85N9O9S/c1-35(60-8)52(72)65-50(59(6,7)78-34-49(71)67(10)32-42(70)33-69)56(76)64-47(54(74)62-45-23-15-19-39-17-11-13-21-43(39)45)29-37-25-27-38(28-26-37)41-30-48(55(75)63-46-24-16-20-40-18-12-14-22-44(40)46)68(31-41)57(77)51(58(3,4)5)66-53(73)36(2)61-9/h11-14,17-18,21-22,25-28,35-36,41-42,45-48,50-51,60-61,69-70H,15-16,19-20,23-24,29-34H2,1-10H3,(H,62,74)(H,63,75)(H,64,76)(H,65,72)(H,66,73)/t35-,36-,41-,42+,45+,46+,47?,48-,50+,51+/m0/s1. The van der Waals surface area contributed by atoms with Crippen molar-refractivity contribution < 1.29 is 43.8 Å². The molecular formula is C59H85N9O9S. The van der Waals surface area contributed by atoms with Crippen LogP contribution in [0.4, 0.5) is 0 Å². The Morgan fingerprint density at radius 2 is 1.26 bits per heavy atom. The number of benzene rings is 3. The van der Waals surface area contributed by atoms with E-state index in [9.17, 15) is 43.8 Å². The molecular weight excluding hydrogens is 1010 g/mol. The van der Waals surface area contributed by atoms with E-state index in [0.717, 1.165) is 66.1 Å². The Hall–Kier alpha value is -5.86. The number of fused-ring (bicyclic) bond motifs is 2. The number of thioether (sulfide) groups is 1. The van der Waals surface area contributed by atoms with E-state index in [1.165, 1.54) is 17.5 Å². The van der Waals surface area contributed by atoms with Crippen LogP contribution in [0.25, 0.3) is 0 Å². The molecule has 2 aliphatic carbocycles. The third kappa shape index (κ3) is 15.7. The summed E-state index contributed by atoms with van der Waals surface area (Å²) >= 11 is 1.14. The highest BCUT2D eigenvalue weighted by atomic mass is 32.2. The molecule has 6 rings (SSSR count). The van der Waals surface area contributed by atoms with Gasteiger partial charge in [0.25, 0.3) is 0 Å². The van der Waals surface area contributed by atoms with E-state index in [1.54, 1.807) is 46.7 Å². The smallest absolute Gasteiger partial charge is 0.246 e. The largest absolute Gasteiger partial charge is 0.394 e. The predicted molar refractivity (Wildman–Crippen MR) is 303 cm³/mol. The van der Waals surface area contributed by atoms with Crippen LogP contribution in [0.5, 0.6) is 0 Å². The normalized spacial score (nSPS) is 20.5. The third-order valence-corrected chi connectivity index (χ3v) is 17.1. The number of amides is 7. The van der Waals surface area contributed by atoms with Crippen LogP contribution in [0.2, 0.25) is 0 Å². The molecule has 3 aliphatic rings. The van der Waals surface area contributed by atoms with E-state index in [0.29, 0.717) is 18.4 Å². The minimum absolute atomic E-state index is 0.0605. The van der Waals surface area contributed by atoms with Gasteiger partial charge in [-0.1, -0.05) is 93.6 Å². The van der Waals surface area contributed by atoms with E-state index in [2.05, 4.69) is 49.4 Å². The number of carbonyl (C=O) groups is 7. The maximum absolute atomic E-state index is 14.9. The Kier molecular flexibility index (Phi) is 21.5. The second-order valence-electron chi connectivity index (χ2n) is 23.0. The molecule has 0 bridgehead atoms. The Morgan fingerprint density at radius 3 is 1.79 bits per heavy atom. The summed E-state index contributed by atoms with van der Waals surface area (Å²) in [6.45, 7) is 12.1. The van der Waals surface area contributed by atoms with E-state index >= 15 is 0 Å². The van der Waals surface area contributed by atoms with E-state index < -0.39 is 76.8 Å². The molecule has 1 aliphatic heterocycles. The minimum Gasteiger partial charge on any atom is -0.394 e. The number of nitrogens with zero attached hydrogens (tertiary/aromatic N) is 2. The molecule has 3 aromatic carbocycles. The first-order valence-corrected chi connectivity index (χ1v) is 28.5. The maximum Gasteiger partial charge on any atom is 0.246 e. The first-order chi connectivity index (χ1) is 37.0. The summed E-state index contributed by atoms with van der Waals surface area (Å²) in [4.78, 5) is 102. The molecule has 18 nitrogen and oxygen atoms in total. The van der Waals surface area contributed by atoms with Crippen molar-refractivity contribution in [3.63, 3.8) is 0 Å². The van der Waals surface area contributed by atoms with Gasteiger partial charge in [0.2, 0.25) is 41.4 Å². The van der Waals surface area contributed by atoms with E-state index in [-0.39, 0.29) is 66.9 Å². The molecule has 9 N–H and O–H groups in total. The van der Waals surface area contributed by atoms with Crippen LogP contribution >= 0.6 is 11.8 Å². The van der Waals surface area contributed by atoms with E-state index in [4.69, 9.17) is 0 Å². The topological polar surface area (TPSA) is 251 Å². The molecule has 19 heteroatoms. The van der Waals surface area contributed by atoms with Crippen molar-refractivity contribution in [3.8, 4) is 0 Å². The highest BCUT2D eigenvalue weighted by Crippen LogP contribution is 2.37. The fourth-order valence-electron chi connectivity index (χ4n) is 10.6. The molecule has 78 heavy (non-hydrogen) atoms.